The van der Waals surface area contributed by atoms with Crippen molar-refractivity contribution >= 4 is 0 Å². The summed E-state index contributed by atoms with van der Waals surface area (Å²) in [5.74, 6) is 3.64. The van der Waals surface area contributed by atoms with Gasteiger partial charge in [-0.1, -0.05) is 88.4 Å². The maximum Gasteiger partial charge on any atom is 0.119 e. The molecule has 0 saturated heterocycles. The highest BCUT2D eigenvalue weighted by Gasteiger charge is 2.24. The molecule has 4 aromatic carbocycles. The van der Waals surface area contributed by atoms with Crippen LogP contribution in [0.5, 0.6) is 23.0 Å². The van der Waals surface area contributed by atoms with Crippen LogP contribution in [0, 0.1) is 0 Å². The van der Waals surface area contributed by atoms with Gasteiger partial charge in [-0.15, -0.1) is 13.2 Å². The zero-order valence-corrected chi connectivity index (χ0v) is 30.2. The molecule has 0 atom stereocenters. The zero-order valence-electron chi connectivity index (χ0n) is 30.2. The van der Waals surface area contributed by atoms with Gasteiger partial charge in [0, 0.05) is 10.8 Å². The predicted octanol–water partition coefficient (Wildman–Crippen LogP) is 11.7. The lowest BCUT2D eigenvalue weighted by molar-refractivity contribution is 0.279. The summed E-state index contributed by atoms with van der Waals surface area (Å²) in [7, 11) is 0. The fraction of sp³-hybridized carbons (Fsp3) is 0.378. The summed E-state index contributed by atoms with van der Waals surface area (Å²) in [4.78, 5) is 0. The monoisotopic (exact) mass is 660 g/mol. The van der Waals surface area contributed by atoms with E-state index in [1.807, 2.05) is 12.2 Å². The minimum absolute atomic E-state index is 0.121. The maximum absolute atomic E-state index is 6.06. The molecule has 4 aromatic rings. The van der Waals surface area contributed by atoms with Crippen molar-refractivity contribution in [1.29, 1.82) is 0 Å². The van der Waals surface area contributed by atoms with Crippen molar-refractivity contribution in [1.82, 2.24) is 0 Å². The number of ether oxygens (including phenoxy) is 4. The Labute approximate surface area is 295 Å². The van der Waals surface area contributed by atoms with Crippen LogP contribution in [0.15, 0.2) is 122 Å². The number of unbranched alkanes of at least 4 members (excludes halogenated alkanes) is 4. The van der Waals surface area contributed by atoms with Crippen LogP contribution >= 0.6 is 0 Å². The standard InChI is InChI=1S/C45H56O4/c1-7-9-12-32-46-40-24-16-36(17-25-40)44(3,4)38-20-28-42(29-21-38)48-34-14-11-15-35-49-43-30-22-39(23-31-43)45(5,6)37-18-26-41(27-19-37)47-33-13-10-8-2/h7-8,16-31H,1-2,9-15,32-35H2,3-6H3. The maximum atomic E-state index is 6.06. The molecular weight excluding hydrogens is 604 g/mol. The third-order valence-corrected chi connectivity index (χ3v) is 9.27. The summed E-state index contributed by atoms with van der Waals surface area (Å²) in [5, 5.41) is 0. The molecule has 0 unspecified atom stereocenters. The van der Waals surface area contributed by atoms with Crippen LogP contribution < -0.4 is 18.9 Å². The summed E-state index contributed by atoms with van der Waals surface area (Å²) < 4.78 is 23.8. The van der Waals surface area contributed by atoms with Gasteiger partial charge in [-0.05, 0) is 116 Å². The molecule has 0 aliphatic carbocycles. The molecule has 0 amide bonds. The predicted molar refractivity (Wildman–Crippen MR) is 205 cm³/mol. The van der Waals surface area contributed by atoms with Crippen LogP contribution in [0.1, 0.15) is 94.9 Å². The molecule has 0 spiro atoms. The van der Waals surface area contributed by atoms with Crippen LogP contribution in [0.25, 0.3) is 0 Å². The Bertz CT molecular complexity index is 1410. The van der Waals surface area contributed by atoms with Gasteiger partial charge in [0.1, 0.15) is 23.0 Å². The number of rotatable bonds is 22. The first-order valence-electron chi connectivity index (χ1n) is 17.9. The van der Waals surface area contributed by atoms with E-state index in [9.17, 15) is 0 Å². The molecule has 0 N–H and O–H groups in total. The summed E-state index contributed by atoms with van der Waals surface area (Å²) >= 11 is 0. The SMILES string of the molecule is C=CCCCOc1ccc(C(C)(C)c2ccc(OCCCCCOc3ccc(C(C)(C)c4ccc(OCCCC=C)cc4)cc3)cc2)cc1. The Hall–Kier alpha value is -4.44. The van der Waals surface area contributed by atoms with Gasteiger partial charge < -0.3 is 18.9 Å². The Morgan fingerprint density at radius 1 is 0.388 bits per heavy atom. The lowest BCUT2D eigenvalue weighted by Gasteiger charge is -2.26. The van der Waals surface area contributed by atoms with Gasteiger partial charge in [0.05, 0.1) is 26.4 Å². The van der Waals surface area contributed by atoms with Gasteiger partial charge in [0.2, 0.25) is 0 Å². The van der Waals surface area contributed by atoms with Crippen molar-refractivity contribution in [3.8, 4) is 23.0 Å². The molecule has 0 saturated carbocycles. The normalized spacial score (nSPS) is 11.5. The number of benzene rings is 4. The van der Waals surface area contributed by atoms with E-state index in [4.69, 9.17) is 18.9 Å². The van der Waals surface area contributed by atoms with E-state index in [2.05, 4.69) is 138 Å². The minimum atomic E-state index is -0.121. The molecule has 4 nitrogen and oxygen atoms in total. The fourth-order valence-corrected chi connectivity index (χ4v) is 5.80. The van der Waals surface area contributed by atoms with Crippen LogP contribution in [-0.2, 0) is 10.8 Å². The smallest absolute Gasteiger partial charge is 0.119 e. The Morgan fingerprint density at radius 3 is 0.878 bits per heavy atom. The highest BCUT2D eigenvalue weighted by atomic mass is 16.5. The average Bonchev–Trinajstić information content (AvgIpc) is 3.12. The Morgan fingerprint density at radius 2 is 0.633 bits per heavy atom. The summed E-state index contributed by atoms with van der Waals surface area (Å²) in [6.07, 6.45) is 10.8. The van der Waals surface area contributed by atoms with Gasteiger partial charge in [0.25, 0.3) is 0 Å². The van der Waals surface area contributed by atoms with Gasteiger partial charge in [-0.3, -0.25) is 0 Å². The zero-order chi connectivity index (χ0) is 35.0. The molecule has 0 aliphatic heterocycles. The molecule has 260 valence electrons. The first kappa shape index (κ1) is 37.4. The van der Waals surface area contributed by atoms with Crippen molar-refractivity contribution in [2.45, 2.75) is 83.5 Å². The molecule has 0 radical (unpaired) electrons. The van der Waals surface area contributed by atoms with E-state index in [0.717, 1.165) is 67.9 Å². The van der Waals surface area contributed by atoms with Crippen molar-refractivity contribution < 1.29 is 18.9 Å². The Kier molecular flexibility index (Phi) is 14.4. The van der Waals surface area contributed by atoms with Crippen molar-refractivity contribution in [3.63, 3.8) is 0 Å². The van der Waals surface area contributed by atoms with E-state index in [0.29, 0.717) is 26.4 Å². The van der Waals surface area contributed by atoms with E-state index in [1.165, 1.54) is 22.3 Å². The molecule has 4 rings (SSSR count). The minimum Gasteiger partial charge on any atom is -0.494 e. The second-order valence-corrected chi connectivity index (χ2v) is 13.7. The van der Waals surface area contributed by atoms with Crippen LogP contribution in [0.2, 0.25) is 0 Å². The second kappa shape index (κ2) is 18.9. The summed E-state index contributed by atoms with van der Waals surface area (Å²) in [5.41, 5.74) is 4.77. The van der Waals surface area contributed by atoms with Gasteiger partial charge in [-0.2, -0.15) is 0 Å². The van der Waals surface area contributed by atoms with E-state index >= 15 is 0 Å². The highest BCUT2D eigenvalue weighted by molar-refractivity contribution is 5.43. The van der Waals surface area contributed by atoms with E-state index in [-0.39, 0.29) is 10.8 Å². The molecule has 49 heavy (non-hydrogen) atoms. The van der Waals surface area contributed by atoms with Crippen LogP contribution in [0.4, 0.5) is 0 Å². The molecule has 0 bridgehead atoms. The first-order valence-corrected chi connectivity index (χ1v) is 17.9. The van der Waals surface area contributed by atoms with Crippen molar-refractivity contribution in [3.05, 3.63) is 145 Å². The van der Waals surface area contributed by atoms with Crippen LogP contribution in [0.3, 0.4) is 0 Å². The average molecular weight is 661 g/mol. The van der Waals surface area contributed by atoms with Gasteiger partial charge >= 0.3 is 0 Å². The summed E-state index contributed by atoms with van der Waals surface area (Å²) in [6.45, 7) is 19.4. The van der Waals surface area contributed by atoms with E-state index in [1.54, 1.807) is 0 Å². The fourth-order valence-electron chi connectivity index (χ4n) is 5.80. The summed E-state index contributed by atoms with van der Waals surface area (Å²) in [6, 6.07) is 33.9. The molecule has 0 heterocycles. The lowest BCUT2D eigenvalue weighted by Crippen LogP contribution is -2.18. The Balaban J connectivity index is 1.13. The number of hydrogen-bond donors (Lipinski definition) is 0. The van der Waals surface area contributed by atoms with Gasteiger partial charge in [0.15, 0.2) is 0 Å². The molecular formula is C45H56O4. The van der Waals surface area contributed by atoms with Crippen molar-refractivity contribution in [2.24, 2.45) is 0 Å². The largest absolute Gasteiger partial charge is 0.494 e. The molecule has 4 heteroatoms. The third-order valence-electron chi connectivity index (χ3n) is 9.27. The van der Waals surface area contributed by atoms with Crippen LogP contribution in [-0.4, -0.2) is 26.4 Å². The molecule has 0 aliphatic rings. The lowest BCUT2D eigenvalue weighted by atomic mass is 9.78. The van der Waals surface area contributed by atoms with Gasteiger partial charge in [-0.25, -0.2) is 0 Å². The van der Waals surface area contributed by atoms with Crippen molar-refractivity contribution in [2.75, 3.05) is 26.4 Å². The number of allylic oxidation sites excluding steroid dienone is 2. The first-order chi connectivity index (χ1) is 23.7. The van der Waals surface area contributed by atoms with E-state index < -0.39 is 0 Å². The third kappa shape index (κ3) is 11.3. The molecule has 0 aromatic heterocycles. The topological polar surface area (TPSA) is 36.9 Å². The number of hydrogen-bond acceptors (Lipinski definition) is 4. The molecule has 0 fully saturated rings. The quantitative estimate of drug-likeness (QED) is 0.0621. The second-order valence-electron chi connectivity index (χ2n) is 13.7. The highest BCUT2D eigenvalue weighted by Crippen LogP contribution is 2.35.